The Hall–Kier alpha value is -3.07. The van der Waals surface area contributed by atoms with E-state index >= 15 is 0 Å². The zero-order valence-electron chi connectivity index (χ0n) is 19.9. The molecule has 8 heteroatoms. The van der Waals surface area contributed by atoms with Crippen molar-refractivity contribution < 1.29 is 14.3 Å². The number of ketones is 1. The van der Waals surface area contributed by atoms with E-state index in [1.54, 1.807) is 6.92 Å². The SMILES string of the molecule is CCOC(=O)CN1CCc2ccc(C(=O)c3ccc(C=NN4CCN(C)CC4)cc3)cc2C1N. The van der Waals surface area contributed by atoms with Gasteiger partial charge in [-0.15, -0.1) is 0 Å². The van der Waals surface area contributed by atoms with Crippen LogP contribution in [0.1, 0.15) is 45.7 Å². The Bertz CT molecular complexity index is 1040. The highest BCUT2D eigenvalue weighted by Gasteiger charge is 2.27. The van der Waals surface area contributed by atoms with Gasteiger partial charge in [0.25, 0.3) is 0 Å². The molecule has 4 rings (SSSR count). The highest BCUT2D eigenvalue weighted by Crippen LogP contribution is 2.27. The monoisotopic (exact) mass is 463 g/mol. The second-order valence-electron chi connectivity index (χ2n) is 8.84. The molecule has 2 aromatic carbocycles. The Morgan fingerprint density at radius 3 is 2.47 bits per heavy atom. The number of ether oxygens (including phenoxy) is 1. The molecule has 0 saturated carbocycles. The molecule has 0 aliphatic carbocycles. The smallest absolute Gasteiger partial charge is 0.320 e. The van der Waals surface area contributed by atoms with Gasteiger partial charge in [0.05, 0.1) is 25.5 Å². The van der Waals surface area contributed by atoms with E-state index in [0.29, 0.717) is 24.3 Å². The van der Waals surface area contributed by atoms with E-state index in [9.17, 15) is 9.59 Å². The number of hydrogen-bond donors (Lipinski definition) is 1. The molecule has 1 fully saturated rings. The number of rotatable bonds is 7. The number of benzene rings is 2. The predicted octanol–water partition coefficient (Wildman–Crippen LogP) is 1.88. The van der Waals surface area contributed by atoms with Crippen LogP contribution in [0.25, 0.3) is 0 Å². The molecule has 180 valence electrons. The summed E-state index contributed by atoms with van der Waals surface area (Å²) in [5.74, 6) is -0.343. The van der Waals surface area contributed by atoms with Crippen LogP contribution >= 0.6 is 0 Å². The number of likely N-dealkylation sites (N-methyl/N-ethyl adjacent to an activating group) is 1. The number of fused-ring (bicyclic) bond motifs is 1. The van der Waals surface area contributed by atoms with Crippen LogP contribution in [-0.2, 0) is 16.0 Å². The van der Waals surface area contributed by atoms with Crippen LogP contribution in [0.15, 0.2) is 47.6 Å². The summed E-state index contributed by atoms with van der Waals surface area (Å²) in [5, 5.41) is 6.63. The molecule has 2 aromatic rings. The van der Waals surface area contributed by atoms with Crippen LogP contribution in [-0.4, -0.2) is 85.7 Å². The van der Waals surface area contributed by atoms with Gasteiger partial charge < -0.3 is 15.4 Å². The number of carbonyl (C=O) groups is 2. The summed E-state index contributed by atoms with van der Waals surface area (Å²) < 4.78 is 5.06. The maximum absolute atomic E-state index is 13.2. The predicted molar refractivity (Wildman–Crippen MR) is 132 cm³/mol. The molecule has 2 heterocycles. The third-order valence-corrected chi connectivity index (χ3v) is 6.45. The van der Waals surface area contributed by atoms with Gasteiger partial charge in [-0.3, -0.25) is 19.5 Å². The lowest BCUT2D eigenvalue weighted by Crippen LogP contribution is -2.43. The van der Waals surface area contributed by atoms with Gasteiger partial charge in [0, 0.05) is 43.9 Å². The standard InChI is InChI=1S/C26H33N5O3/c1-3-34-24(32)18-30-11-10-20-8-9-22(16-23(20)26(30)27)25(33)21-6-4-19(5-7-21)17-28-31-14-12-29(2)13-15-31/h4-9,16-17,26H,3,10-15,18,27H2,1-2H3. The van der Waals surface area contributed by atoms with Crippen molar-refractivity contribution in [2.75, 3.05) is 52.9 Å². The maximum Gasteiger partial charge on any atom is 0.320 e. The molecule has 0 aromatic heterocycles. The minimum absolute atomic E-state index is 0.0555. The quantitative estimate of drug-likeness (QED) is 0.381. The molecular weight excluding hydrogens is 430 g/mol. The van der Waals surface area contributed by atoms with E-state index in [4.69, 9.17) is 10.5 Å². The molecule has 1 saturated heterocycles. The minimum atomic E-state index is -0.450. The third kappa shape index (κ3) is 5.70. The molecule has 8 nitrogen and oxygen atoms in total. The number of nitrogens with two attached hydrogens (primary N) is 1. The summed E-state index contributed by atoms with van der Waals surface area (Å²) in [6.07, 6.45) is 2.17. The van der Waals surface area contributed by atoms with Gasteiger partial charge in [0.2, 0.25) is 0 Å². The number of hydrogen-bond acceptors (Lipinski definition) is 8. The summed E-state index contributed by atoms with van der Waals surface area (Å²) in [7, 11) is 2.12. The molecule has 0 spiro atoms. The first-order valence-electron chi connectivity index (χ1n) is 11.8. The number of esters is 1. The van der Waals surface area contributed by atoms with Gasteiger partial charge in [-0.05, 0) is 43.1 Å². The molecule has 0 amide bonds. The molecule has 0 bridgehead atoms. The second-order valence-corrected chi connectivity index (χ2v) is 8.84. The molecular formula is C26H33N5O3. The van der Waals surface area contributed by atoms with E-state index in [2.05, 4.69) is 22.1 Å². The fraction of sp³-hybridized carbons (Fsp3) is 0.423. The molecule has 1 atom stereocenters. The molecule has 1 unspecified atom stereocenters. The van der Waals surface area contributed by atoms with Crippen molar-refractivity contribution >= 4 is 18.0 Å². The fourth-order valence-corrected chi connectivity index (χ4v) is 4.34. The summed E-state index contributed by atoms with van der Waals surface area (Å²) in [6.45, 7) is 6.81. The number of carbonyl (C=O) groups excluding carboxylic acids is 2. The average Bonchev–Trinajstić information content (AvgIpc) is 2.85. The molecule has 2 N–H and O–H groups in total. The van der Waals surface area contributed by atoms with Crippen LogP contribution in [0.2, 0.25) is 0 Å². The van der Waals surface area contributed by atoms with E-state index in [1.165, 1.54) is 0 Å². The molecule has 34 heavy (non-hydrogen) atoms. The molecule has 0 radical (unpaired) electrons. The largest absolute Gasteiger partial charge is 0.465 e. The number of nitrogens with zero attached hydrogens (tertiary/aromatic N) is 4. The summed E-state index contributed by atoms with van der Waals surface area (Å²) in [5.41, 5.74) is 10.6. The lowest BCUT2D eigenvalue weighted by molar-refractivity contribution is -0.145. The van der Waals surface area contributed by atoms with Crippen molar-refractivity contribution in [1.29, 1.82) is 0 Å². The van der Waals surface area contributed by atoms with Crippen LogP contribution in [0.4, 0.5) is 0 Å². The summed E-state index contributed by atoms with van der Waals surface area (Å²) in [4.78, 5) is 29.3. The Morgan fingerprint density at radius 2 is 1.76 bits per heavy atom. The van der Waals surface area contributed by atoms with E-state index in [-0.39, 0.29) is 18.3 Å². The Labute approximate surface area is 201 Å². The van der Waals surface area contributed by atoms with Crippen LogP contribution in [0, 0.1) is 0 Å². The van der Waals surface area contributed by atoms with E-state index in [1.807, 2.05) is 53.6 Å². The van der Waals surface area contributed by atoms with Crippen LogP contribution in [0.5, 0.6) is 0 Å². The lowest BCUT2D eigenvalue weighted by Gasteiger charge is -2.34. The van der Waals surface area contributed by atoms with Crippen LogP contribution < -0.4 is 5.73 Å². The van der Waals surface area contributed by atoms with Gasteiger partial charge in [0.1, 0.15) is 0 Å². The first-order valence-corrected chi connectivity index (χ1v) is 11.8. The van der Waals surface area contributed by atoms with Crippen molar-refractivity contribution in [3.8, 4) is 0 Å². The first kappa shape index (κ1) is 24.1. The fourth-order valence-electron chi connectivity index (χ4n) is 4.34. The zero-order chi connectivity index (χ0) is 24.1. The third-order valence-electron chi connectivity index (χ3n) is 6.45. The lowest BCUT2D eigenvalue weighted by atomic mass is 9.92. The van der Waals surface area contributed by atoms with Crippen molar-refractivity contribution in [1.82, 2.24) is 14.8 Å². The Morgan fingerprint density at radius 1 is 1.06 bits per heavy atom. The van der Waals surface area contributed by atoms with Crippen molar-refractivity contribution in [2.24, 2.45) is 10.8 Å². The van der Waals surface area contributed by atoms with Gasteiger partial charge in [-0.1, -0.05) is 36.4 Å². The zero-order valence-corrected chi connectivity index (χ0v) is 19.9. The minimum Gasteiger partial charge on any atom is -0.465 e. The average molecular weight is 464 g/mol. The first-order chi connectivity index (χ1) is 16.4. The van der Waals surface area contributed by atoms with Crippen molar-refractivity contribution in [2.45, 2.75) is 19.5 Å². The van der Waals surface area contributed by atoms with Crippen molar-refractivity contribution in [3.05, 3.63) is 70.3 Å². The molecule has 2 aliphatic rings. The second kappa shape index (κ2) is 10.9. The highest BCUT2D eigenvalue weighted by molar-refractivity contribution is 6.09. The van der Waals surface area contributed by atoms with Gasteiger partial charge in [0.15, 0.2) is 5.78 Å². The number of piperazine rings is 1. The summed E-state index contributed by atoms with van der Waals surface area (Å²) in [6, 6.07) is 13.2. The number of hydrazone groups is 1. The van der Waals surface area contributed by atoms with Gasteiger partial charge in [-0.25, -0.2) is 0 Å². The van der Waals surface area contributed by atoms with Crippen LogP contribution in [0.3, 0.4) is 0 Å². The van der Waals surface area contributed by atoms with Crippen molar-refractivity contribution in [3.63, 3.8) is 0 Å². The summed E-state index contributed by atoms with van der Waals surface area (Å²) >= 11 is 0. The highest BCUT2D eigenvalue weighted by atomic mass is 16.5. The van der Waals surface area contributed by atoms with Gasteiger partial charge >= 0.3 is 5.97 Å². The van der Waals surface area contributed by atoms with Gasteiger partial charge in [-0.2, -0.15) is 5.10 Å². The molecule has 2 aliphatic heterocycles. The Balaban J connectivity index is 1.43. The Kier molecular flexibility index (Phi) is 7.72. The topological polar surface area (TPSA) is 91.5 Å². The maximum atomic E-state index is 13.2. The van der Waals surface area contributed by atoms with E-state index in [0.717, 1.165) is 49.3 Å². The van der Waals surface area contributed by atoms with E-state index < -0.39 is 6.17 Å². The normalized spacial score (nSPS) is 19.3.